The monoisotopic (exact) mass is 329 g/mol. The van der Waals surface area contributed by atoms with Crippen molar-refractivity contribution >= 4 is 5.97 Å². The lowest BCUT2D eigenvalue weighted by molar-refractivity contribution is -0.541. The number of benzene rings is 2. The van der Waals surface area contributed by atoms with Gasteiger partial charge < -0.3 is 9.47 Å². The summed E-state index contributed by atoms with van der Waals surface area (Å²) in [7, 11) is 0. The predicted molar refractivity (Wildman–Crippen MR) is 87.8 cm³/mol. The first-order chi connectivity index (χ1) is 11.6. The van der Waals surface area contributed by atoms with Crippen LogP contribution < -0.4 is 0 Å². The molecule has 0 aliphatic rings. The van der Waals surface area contributed by atoms with Crippen molar-refractivity contribution in [2.75, 3.05) is 6.61 Å². The molecule has 0 bridgehead atoms. The topological polar surface area (TPSA) is 78.7 Å². The van der Waals surface area contributed by atoms with Crippen LogP contribution in [0.1, 0.15) is 24.1 Å². The Morgan fingerprint density at radius 3 is 2.21 bits per heavy atom. The van der Waals surface area contributed by atoms with Crippen LogP contribution >= 0.6 is 0 Å². The molecule has 0 aliphatic carbocycles. The van der Waals surface area contributed by atoms with E-state index in [2.05, 4.69) is 0 Å². The average molecular weight is 329 g/mol. The van der Waals surface area contributed by atoms with E-state index < -0.39 is 23.0 Å². The minimum absolute atomic E-state index is 0.0605. The lowest BCUT2D eigenvalue weighted by Crippen LogP contribution is -2.34. The molecule has 2 atom stereocenters. The van der Waals surface area contributed by atoms with E-state index in [0.29, 0.717) is 5.56 Å². The molecule has 0 saturated heterocycles. The van der Waals surface area contributed by atoms with Gasteiger partial charge in [-0.1, -0.05) is 60.7 Å². The summed E-state index contributed by atoms with van der Waals surface area (Å²) in [6.45, 7) is 1.46. The highest BCUT2D eigenvalue weighted by Gasteiger charge is 2.36. The minimum Gasteiger partial charge on any atom is -0.452 e. The third-order valence-electron chi connectivity index (χ3n) is 3.43. The second kappa shape index (κ2) is 8.79. The van der Waals surface area contributed by atoms with Crippen molar-refractivity contribution in [2.45, 2.75) is 25.7 Å². The average Bonchev–Trinajstić information content (AvgIpc) is 2.56. The van der Waals surface area contributed by atoms with Crippen molar-refractivity contribution in [1.29, 1.82) is 0 Å². The Hall–Kier alpha value is -2.73. The van der Waals surface area contributed by atoms with Crippen LogP contribution in [-0.2, 0) is 20.9 Å². The Balaban J connectivity index is 2.10. The van der Waals surface area contributed by atoms with Crippen LogP contribution in [0.2, 0.25) is 0 Å². The van der Waals surface area contributed by atoms with Gasteiger partial charge in [0.2, 0.25) is 0 Å². The Bertz CT molecular complexity index is 660. The van der Waals surface area contributed by atoms with Crippen LogP contribution in [-0.4, -0.2) is 23.6 Å². The molecule has 0 aliphatic heterocycles. The molecule has 0 heterocycles. The lowest BCUT2D eigenvalue weighted by atomic mass is 10.0. The molecule has 0 aromatic heterocycles. The maximum Gasteiger partial charge on any atom is 0.303 e. The summed E-state index contributed by atoms with van der Waals surface area (Å²) in [5, 5.41) is 11.5. The van der Waals surface area contributed by atoms with Crippen molar-refractivity contribution in [1.82, 2.24) is 0 Å². The molecule has 0 amide bonds. The molecule has 0 spiro atoms. The first-order valence-electron chi connectivity index (χ1n) is 7.55. The largest absolute Gasteiger partial charge is 0.452 e. The summed E-state index contributed by atoms with van der Waals surface area (Å²) in [5.74, 6) is -0.578. The number of hydrogen-bond acceptors (Lipinski definition) is 5. The molecule has 2 aromatic carbocycles. The van der Waals surface area contributed by atoms with Crippen molar-refractivity contribution in [3.05, 3.63) is 81.9 Å². The third-order valence-corrected chi connectivity index (χ3v) is 3.43. The van der Waals surface area contributed by atoms with Gasteiger partial charge in [0.1, 0.15) is 0 Å². The second-order valence-corrected chi connectivity index (χ2v) is 5.29. The minimum atomic E-state index is -1.18. The SMILES string of the molecule is CC(=O)O[C@@H](COCc1ccccc1)[C@H](c1ccccc1)[N+](=O)[O-]. The van der Waals surface area contributed by atoms with E-state index >= 15 is 0 Å². The molecule has 0 saturated carbocycles. The number of hydrogen-bond donors (Lipinski definition) is 0. The van der Waals surface area contributed by atoms with Crippen molar-refractivity contribution in [3.8, 4) is 0 Å². The number of ether oxygens (including phenoxy) is 2. The Labute approximate surface area is 140 Å². The van der Waals surface area contributed by atoms with Gasteiger partial charge in [-0.2, -0.15) is 0 Å². The smallest absolute Gasteiger partial charge is 0.303 e. The lowest BCUT2D eigenvalue weighted by Gasteiger charge is -2.21. The summed E-state index contributed by atoms with van der Waals surface area (Å²) in [6.07, 6.45) is -0.997. The maximum atomic E-state index is 11.5. The van der Waals surface area contributed by atoms with Crippen LogP contribution in [0.25, 0.3) is 0 Å². The highest BCUT2D eigenvalue weighted by atomic mass is 16.6. The van der Waals surface area contributed by atoms with E-state index in [1.165, 1.54) is 6.92 Å². The fraction of sp³-hybridized carbons (Fsp3) is 0.278. The molecule has 0 fully saturated rings. The Morgan fingerprint density at radius 1 is 1.08 bits per heavy atom. The quantitative estimate of drug-likeness (QED) is 0.422. The highest BCUT2D eigenvalue weighted by molar-refractivity contribution is 5.66. The van der Waals surface area contributed by atoms with Crippen molar-refractivity contribution in [2.24, 2.45) is 0 Å². The van der Waals surface area contributed by atoms with Gasteiger partial charge in [0.25, 0.3) is 6.04 Å². The van der Waals surface area contributed by atoms with Gasteiger partial charge in [-0.3, -0.25) is 14.9 Å². The summed E-state index contributed by atoms with van der Waals surface area (Å²) < 4.78 is 10.7. The molecule has 2 rings (SSSR count). The van der Waals surface area contributed by atoms with Gasteiger partial charge in [0.05, 0.1) is 13.2 Å². The predicted octanol–water partition coefficient (Wildman–Crippen LogP) is 3.15. The molecule has 24 heavy (non-hydrogen) atoms. The number of rotatable bonds is 8. The second-order valence-electron chi connectivity index (χ2n) is 5.29. The first kappa shape index (κ1) is 17.6. The molecule has 0 N–H and O–H groups in total. The Kier molecular flexibility index (Phi) is 6.45. The van der Waals surface area contributed by atoms with E-state index in [-0.39, 0.29) is 13.2 Å². The number of carbonyl (C=O) groups is 1. The number of nitrogens with zero attached hydrogens (tertiary/aromatic N) is 1. The normalized spacial score (nSPS) is 13.0. The van der Waals surface area contributed by atoms with Crippen molar-refractivity contribution < 1.29 is 19.2 Å². The van der Waals surface area contributed by atoms with Crippen LogP contribution in [0.15, 0.2) is 60.7 Å². The number of esters is 1. The van der Waals surface area contributed by atoms with Crippen LogP contribution in [0.3, 0.4) is 0 Å². The van der Waals surface area contributed by atoms with Gasteiger partial charge in [0.15, 0.2) is 6.10 Å². The molecular formula is C18H19NO5. The zero-order valence-electron chi connectivity index (χ0n) is 13.3. The molecule has 126 valence electrons. The van der Waals surface area contributed by atoms with E-state index in [4.69, 9.17) is 9.47 Å². The highest BCUT2D eigenvalue weighted by Crippen LogP contribution is 2.23. The van der Waals surface area contributed by atoms with Crippen LogP contribution in [0.4, 0.5) is 0 Å². The van der Waals surface area contributed by atoms with Gasteiger partial charge in [-0.05, 0) is 5.56 Å². The molecule has 6 heteroatoms. The van der Waals surface area contributed by atoms with E-state index in [1.54, 1.807) is 30.3 Å². The van der Waals surface area contributed by atoms with Crippen molar-refractivity contribution in [3.63, 3.8) is 0 Å². The fourth-order valence-electron chi connectivity index (χ4n) is 2.39. The van der Waals surface area contributed by atoms with E-state index in [1.807, 2.05) is 30.3 Å². The molecule has 6 nitrogen and oxygen atoms in total. The standard InChI is InChI=1S/C18H19NO5/c1-14(20)24-17(13-23-12-15-8-4-2-5-9-15)18(19(21)22)16-10-6-3-7-11-16/h2-11,17-18H,12-13H2,1H3/t17-,18-/m0/s1. The molecular weight excluding hydrogens is 310 g/mol. The number of carbonyl (C=O) groups excluding carboxylic acids is 1. The summed E-state index contributed by atoms with van der Waals surface area (Å²) in [6, 6.07) is 16.7. The first-order valence-corrected chi connectivity index (χ1v) is 7.55. The van der Waals surface area contributed by atoms with Gasteiger partial charge in [-0.25, -0.2) is 0 Å². The summed E-state index contributed by atoms with van der Waals surface area (Å²) in [5.41, 5.74) is 1.41. The Morgan fingerprint density at radius 2 is 1.67 bits per heavy atom. The molecule has 0 unspecified atom stereocenters. The molecule has 0 radical (unpaired) electrons. The zero-order valence-corrected chi connectivity index (χ0v) is 13.3. The van der Waals surface area contributed by atoms with Crippen LogP contribution in [0, 0.1) is 10.1 Å². The van der Waals surface area contributed by atoms with Crippen LogP contribution in [0.5, 0.6) is 0 Å². The van der Waals surface area contributed by atoms with E-state index in [0.717, 1.165) is 5.56 Å². The third kappa shape index (κ3) is 5.17. The fourth-order valence-corrected chi connectivity index (χ4v) is 2.39. The van der Waals surface area contributed by atoms with E-state index in [9.17, 15) is 14.9 Å². The zero-order chi connectivity index (χ0) is 17.4. The van der Waals surface area contributed by atoms with Gasteiger partial charge >= 0.3 is 5.97 Å². The molecule has 2 aromatic rings. The van der Waals surface area contributed by atoms with Gasteiger partial charge in [-0.15, -0.1) is 0 Å². The summed E-state index contributed by atoms with van der Waals surface area (Å²) in [4.78, 5) is 22.4. The number of nitro groups is 1. The summed E-state index contributed by atoms with van der Waals surface area (Å²) >= 11 is 0. The van der Waals surface area contributed by atoms with Gasteiger partial charge in [0, 0.05) is 17.4 Å². The maximum absolute atomic E-state index is 11.5.